The predicted octanol–water partition coefficient (Wildman–Crippen LogP) is 2.87. The van der Waals surface area contributed by atoms with Crippen LogP contribution in [0.5, 0.6) is 0 Å². The van der Waals surface area contributed by atoms with Gasteiger partial charge in [0.25, 0.3) is 6.01 Å². The van der Waals surface area contributed by atoms with Gasteiger partial charge in [0.05, 0.1) is 0 Å². The normalized spacial score (nSPS) is 27.6. The molecule has 2 atom stereocenters. The lowest BCUT2D eigenvalue weighted by molar-refractivity contribution is 0.192. The Kier molecular flexibility index (Phi) is 2.69. The fourth-order valence-electron chi connectivity index (χ4n) is 3.51. The standard InChI is InChI=1S/C15H19N3O/c1-2-7-14-12(5-1)17-15(19-14)16-11-8-10-18-9-4-3-6-13(11)18/h1-2,5,7,11,13H,3-4,6,8-10H2,(H,16,17)/t11-,13+/m1/s1. The topological polar surface area (TPSA) is 41.3 Å². The van der Waals surface area contributed by atoms with Crippen molar-refractivity contribution in [1.29, 1.82) is 0 Å². The number of nitrogens with one attached hydrogen (secondary N) is 1. The second-order valence-electron chi connectivity index (χ2n) is 5.63. The Balaban J connectivity index is 1.54. The van der Waals surface area contributed by atoms with Crippen molar-refractivity contribution >= 4 is 17.1 Å². The van der Waals surface area contributed by atoms with E-state index >= 15 is 0 Å². The molecule has 1 N–H and O–H groups in total. The fourth-order valence-corrected chi connectivity index (χ4v) is 3.51. The van der Waals surface area contributed by atoms with E-state index in [4.69, 9.17) is 4.42 Å². The molecule has 1 aromatic carbocycles. The van der Waals surface area contributed by atoms with Gasteiger partial charge in [0.1, 0.15) is 5.52 Å². The van der Waals surface area contributed by atoms with E-state index in [-0.39, 0.29) is 0 Å². The number of benzene rings is 1. The minimum Gasteiger partial charge on any atom is -0.424 e. The van der Waals surface area contributed by atoms with Gasteiger partial charge in [-0.05, 0) is 37.9 Å². The molecule has 100 valence electrons. The second-order valence-corrected chi connectivity index (χ2v) is 5.63. The maximum absolute atomic E-state index is 5.77. The van der Waals surface area contributed by atoms with Gasteiger partial charge in [0.15, 0.2) is 5.58 Å². The van der Waals surface area contributed by atoms with E-state index in [9.17, 15) is 0 Å². The summed E-state index contributed by atoms with van der Waals surface area (Å²) in [5.74, 6) is 0. The van der Waals surface area contributed by atoms with E-state index in [2.05, 4.69) is 15.2 Å². The highest BCUT2D eigenvalue weighted by Crippen LogP contribution is 2.29. The fraction of sp³-hybridized carbons (Fsp3) is 0.533. The van der Waals surface area contributed by atoms with Gasteiger partial charge >= 0.3 is 0 Å². The van der Waals surface area contributed by atoms with Crippen LogP contribution in [0.4, 0.5) is 6.01 Å². The molecule has 0 bridgehead atoms. The first-order valence-corrected chi connectivity index (χ1v) is 7.26. The van der Waals surface area contributed by atoms with Crippen molar-refractivity contribution in [2.75, 3.05) is 18.4 Å². The van der Waals surface area contributed by atoms with Crippen molar-refractivity contribution in [2.45, 2.75) is 37.8 Å². The number of hydrogen-bond donors (Lipinski definition) is 1. The number of anilines is 1. The van der Waals surface area contributed by atoms with Crippen LogP contribution in [0.3, 0.4) is 0 Å². The van der Waals surface area contributed by atoms with Gasteiger partial charge in [-0.1, -0.05) is 18.6 Å². The van der Waals surface area contributed by atoms with Gasteiger partial charge in [0, 0.05) is 18.6 Å². The minimum absolute atomic E-state index is 0.494. The lowest BCUT2D eigenvalue weighted by Gasteiger charge is -2.32. The highest BCUT2D eigenvalue weighted by atomic mass is 16.4. The van der Waals surface area contributed by atoms with Gasteiger partial charge in [-0.3, -0.25) is 4.90 Å². The summed E-state index contributed by atoms with van der Waals surface area (Å²) in [7, 11) is 0. The number of fused-ring (bicyclic) bond motifs is 2. The van der Waals surface area contributed by atoms with Crippen LogP contribution in [0, 0.1) is 0 Å². The number of nitrogens with zero attached hydrogens (tertiary/aromatic N) is 2. The van der Waals surface area contributed by atoms with E-state index in [0.29, 0.717) is 18.1 Å². The summed E-state index contributed by atoms with van der Waals surface area (Å²) in [6.45, 7) is 2.47. The van der Waals surface area contributed by atoms with Gasteiger partial charge in [-0.2, -0.15) is 4.98 Å². The molecule has 3 heterocycles. The molecule has 2 aliphatic heterocycles. The molecule has 1 aromatic heterocycles. The molecule has 0 radical (unpaired) electrons. The number of piperidine rings is 1. The average molecular weight is 257 g/mol. The molecule has 4 heteroatoms. The van der Waals surface area contributed by atoms with Gasteiger partial charge in [-0.15, -0.1) is 0 Å². The Bertz CT molecular complexity index is 547. The molecule has 0 unspecified atom stereocenters. The Hall–Kier alpha value is -1.55. The third-order valence-electron chi connectivity index (χ3n) is 4.46. The molecule has 0 amide bonds. The molecule has 2 fully saturated rings. The molecule has 2 saturated heterocycles. The number of oxazole rings is 1. The summed E-state index contributed by atoms with van der Waals surface area (Å²) in [4.78, 5) is 7.13. The van der Waals surface area contributed by atoms with Crippen molar-refractivity contribution in [3.05, 3.63) is 24.3 Å². The van der Waals surface area contributed by atoms with E-state index in [0.717, 1.165) is 11.1 Å². The van der Waals surface area contributed by atoms with E-state index < -0.39 is 0 Å². The maximum atomic E-state index is 5.77. The Morgan fingerprint density at radius 3 is 3.05 bits per heavy atom. The molecule has 2 aromatic rings. The highest BCUT2D eigenvalue weighted by Gasteiger charge is 2.36. The van der Waals surface area contributed by atoms with E-state index in [1.54, 1.807) is 0 Å². The molecule has 4 nitrogen and oxygen atoms in total. The van der Waals surface area contributed by atoms with E-state index in [1.165, 1.54) is 38.8 Å². The molecule has 2 aliphatic rings. The molecular formula is C15H19N3O. The predicted molar refractivity (Wildman–Crippen MR) is 75.2 cm³/mol. The monoisotopic (exact) mass is 257 g/mol. The van der Waals surface area contributed by atoms with Crippen LogP contribution in [0.2, 0.25) is 0 Å². The largest absolute Gasteiger partial charge is 0.424 e. The quantitative estimate of drug-likeness (QED) is 0.898. The van der Waals surface area contributed by atoms with Crippen molar-refractivity contribution in [1.82, 2.24) is 9.88 Å². The first-order valence-electron chi connectivity index (χ1n) is 7.26. The zero-order valence-electron chi connectivity index (χ0n) is 11.0. The maximum Gasteiger partial charge on any atom is 0.295 e. The number of hydrogen-bond acceptors (Lipinski definition) is 4. The summed E-state index contributed by atoms with van der Waals surface area (Å²) in [5, 5.41) is 3.51. The molecule has 0 aliphatic carbocycles. The van der Waals surface area contributed by atoms with E-state index in [1.807, 2.05) is 24.3 Å². The summed E-state index contributed by atoms with van der Waals surface area (Å²) >= 11 is 0. The zero-order chi connectivity index (χ0) is 12.7. The first kappa shape index (κ1) is 11.3. The van der Waals surface area contributed by atoms with Crippen LogP contribution in [0.1, 0.15) is 25.7 Å². The van der Waals surface area contributed by atoms with Gasteiger partial charge in [-0.25, -0.2) is 0 Å². The van der Waals surface area contributed by atoms with Crippen LogP contribution in [0.15, 0.2) is 28.7 Å². The first-order chi connectivity index (χ1) is 9.40. The van der Waals surface area contributed by atoms with Crippen LogP contribution < -0.4 is 5.32 Å². The SMILES string of the molecule is c1ccc2oc(N[C@@H]3CCN4CCCC[C@@H]34)nc2c1. The lowest BCUT2D eigenvalue weighted by Crippen LogP contribution is -2.41. The average Bonchev–Trinajstić information content (AvgIpc) is 3.03. The number of rotatable bonds is 2. The molecular weight excluding hydrogens is 238 g/mol. The number of para-hydroxylation sites is 2. The molecule has 4 rings (SSSR count). The van der Waals surface area contributed by atoms with Crippen molar-refractivity contribution in [3.63, 3.8) is 0 Å². The number of aromatic nitrogens is 1. The Morgan fingerprint density at radius 2 is 2.11 bits per heavy atom. The molecule has 0 spiro atoms. The highest BCUT2D eigenvalue weighted by molar-refractivity contribution is 5.74. The van der Waals surface area contributed by atoms with Crippen LogP contribution in [-0.4, -0.2) is 35.1 Å². The van der Waals surface area contributed by atoms with Gasteiger partial charge < -0.3 is 9.73 Å². The molecule has 0 saturated carbocycles. The summed E-state index contributed by atoms with van der Waals surface area (Å²) in [6.07, 6.45) is 5.21. The van der Waals surface area contributed by atoms with Crippen LogP contribution in [-0.2, 0) is 0 Å². The Morgan fingerprint density at radius 1 is 1.16 bits per heavy atom. The van der Waals surface area contributed by atoms with Crippen molar-refractivity contribution in [3.8, 4) is 0 Å². The van der Waals surface area contributed by atoms with Crippen molar-refractivity contribution < 1.29 is 4.42 Å². The summed E-state index contributed by atoms with van der Waals surface area (Å²) in [5.41, 5.74) is 1.80. The lowest BCUT2D eigenvalue weighted by atomic mass is 9.99. The second kappa shape index (κ2) is 4.53. The van der Waals surface area contributed by atoms with Crippen LogP contribution >= 0.6 is 0 Å². The van der Waals surface area contributed by atoms with Crippen molar-refractivity contribution in [2.24, 2.45) is 0 Å². The summed E-state index contributed by atoms with van der Waals surface area (Å²) in [6, 6.07) is 9.78. The molecule has 19 heavy (non-hydrogen) atoms. The third kappa shape index (κ3) is 2.00. The minimum atomic E-state index is 0.494. The smallest absolute Gasteiger partial charge is 0.295 e. The van der Waals surface area contributed by atoms with Gasteiger partial charge in [0.2, 0.25) is 0 Å². The van der Waals surface area contributed by atoms with Crippen LogP contribution in [0.25, 0.3) is 11.1 Å². The zero-order valence-corrected chi connectivity index (χ0v) is 11.0. The summed E-state index contributed by atoms with van der Waals surface area (Å²) < 4.78 is 5.77. The third-order valence-corrected chi connectivity index (χ3v) is 4.46. The Labute approximate surface area is 112 Å².